The summed E-state index contributed by atoms with van der Waals surface area (Å²) >= 11 is 0. The SMILES string of the molecule is CCC(C)(CCO)NCc1ccn(Cc2ccccc2)c1. The van der Waals surface area contributed by atoms with E-state index in [4.69, 9.17) is 5.11 Å². The number of nitrogens with zero attached hydrogens (tertiary/aromatic N) is 1. The summed E-state index contributed by atoms with van der Waals surface area (Å²) in [6.45, 7) is 6.30. The minimum absolute atomic E-state index is 0.0102. The smallest absolute Gasteiger partial charge is 0.0470 e. The molecule has 0 saturated carbocycles. The zero-order valence-electron chi connectivity index (χ0n) is 13.0. The zero-order valence-corrected chi connectivity index (χ0v) is 13.0. The van der Waals surface area contributed by atoms with E-state index in [1.165, 1.54) is 11.1 Å². The molecule has 114 valence electrons. The van der Waals surface area contributed by atoms with E-state index < -0.39 is 0 Å². The lowest BCUT2D eigenvalue weighted by molar-refractivity contribution is 0.214. The van der Waals surface area contributed by atoms with Crippen LogP contribution in [-0.2, 0) is 13.1 Å². The van der Waals surface area contributed by atoms with E-state index in [-0.39, 0.29) is 12.1 Å². The van der Waals surface area contributed by atoms with Crippen LogP contribution in [0.3, 0.4) is 0 Å². The Morgan fingerprint density at radius 2 is 1.90 bits per heavy atom. The van der Waals surface area contributed by atoms with E-state index in [9.17, 15) is 0 Å². The van der Waals surface area contributed by atoms with Crippen molar-refractivity contribution < 1.29 is 5.11 Å². The molecule has 0 spiro atoms. The molecule has 3 heteroatoms. The maximum absolute atomic E-state index is 9.15. The fraction of sp³-hybridized carbons (Fsp3) is 0.444. The van der Waals surface area contributed by atoms with Gasteiger partial charge in [-0.05, 0) is 37.0 Å². The topological polar surface area (TPSA) is 37.2 Å². The normalized spacial score (nSPS) is 14.0. The van der Waals surface area contributed by atoms with E-state index in [1.807, 2.05) is 6.07 Å². The van der Waals surface area contributed by atoms with Crippen LogP contribution in [0.2, 0.25) is 0 Å². The van der Waals surface area contributed by atoms with Crippen molar-refractivity contribution in [2.45, 2.75) is 45.3 Å². The van der Waals surface area contributed by atoms with Gasteiger partial charge in [-0.25, -0.2) is 0 Å². The van der Waals surface area contributed by atoms with Gasteiger partial charge < -0.3 is 15.0 Å². The van der Waals surface area contributed by atoms with Crippen molar-refractivity contribution in [1.29, 1.82) is 0 Å². The molecule has 1 aromatic carbocycles. The van der Waals surface area contributed by atoms with Gasteiger partial charge in [0.15, 0.2) is 0 Å². The minimum Gasteiger partial charge on any atom is -0.396 e. The van der Waals surface area contributed by atoms with Gasteiger partial charge in [0.05, 0.1) is 0 Å². The Kier molecular flexibility index (Phi) is 5.59. The molecule has 2 aromatic rings. The fourth-order valence-electron chi connectivity index (χ4n) is 2.44. The van der Waals surface area contributed by atoms with Crippen LogP contribution in [0.15, 0.2) is 48.8 Å². The Bertz CT molecular complexity index is 535. The molecule has 2 N–H and O–H groups in total. The van der Waals surface area contributed by atoms with E-state index in [0.29, 0.717) is 0 Å². The van der Waals surface area contributed by atoms with Gasteiger partial charge in [-0.3, -0.25) is 0 Å². The maximum Gasteiger partial charge on any atom is 0.0470 e. The number of hydrogen-bond donors (Lipinski definition) is 2. The van der Waals surface area contributed by atoms with Crippen LogP contribution >= 0.6 is 0 Å². The van der Waals surface area contributed by atoms with Gasteiger partial charge in [-0.15, -0.1) is 0 Å². The van der Waals surface area contributed by atoms with Crippen molar-refractivity contribution in [3.63, 3.8) is 0 Å². The first-order valence-electron chi connectivity index (χ1n) is 7.70. The number of rotatable bonds is 8. The van der Waals surface area contributed by atoms with Gasteiger partial charge in [0.2, 0.25) is 0 Å². The predicted octanol–water partition coefficient (Wildman–Crippen LogP) is 3.18. The van der Waals surface area contributed by atoms with Crippen LogP contribution in [-0.4, -0.2) is 21.8 Å². The highest BCUT2D eigenvalue weighted by atomic mass is 16.3. The van der Waals surface area contributed by atoms with Crippen LogP contribution < -0.4 is 5.32 Å². The van der Waals surface area contributed by atoms with E-state index in [0.717, 1.165) is 25.9 Å². The van der Waals surface area contributed by atoms with Crippen LogP contribution in [0.25, 0.3) is 0 Å². The minimum atomic E-state index is 0.0102. The molecule has 1 unspecified atom stereocenters. The van der Waals surface area contributed by atoms with Crippen molar-refractivity contribution >= 4 is 0 Å². The number of nitrogens with one attached hydrogen (secondary N) is 1. The lowest BCUT2D eigenvalue weighted by Gasteiger charge is -2.29. The van der Waals surface area contributed by atoms with Crippen LogP contribution in [0.5, 0.6) is 0 Å². The third-order valence-corrected chi connectivity index (χ3v) is 4.18. The quantitative estimate of drug-likeness (QED) is 0.782. The Labute approximate surface area is 127 Å². The Hall–Kier alpha value is -1.58. The summed E-state index contributed by atoms with van der Waals surface area (Å²) in [5, 5.41) is 12.7. The van der Waals surface area contributed by atoms with Crippen molar-refractivity contribution in [2.75, 3.05) is 6.61 Å². The van der Waals surface area contributed by atoms with Gasteiger partial charge in [0.25, 0.3) is 0 Å². The van der Waals surface area contributed by atoms with Crippen molar-refractivity contribution in [3.05, 3.63) is 59.9 Å². The van der Waals surface area contributed by atoms with Crippen LogP contribution in [0.1, 0.15) is 37.8 Å². The molecule has 0 amide bonds. The molecule has 0 aliphatic carbocycles. The molecular formula is C18H26N2O. The first-order valence-corrected chi connectivity index (χ1v) is 7.70. The first kappa shape index (κ1) is 15.8. The highest BCUT2D eigenvalue weighted by Crippen LogP contribution is 2.15. The molecule has 0 radical (unpaired) electrons. The largest absolute Gasteiger partial charge is 0.396 e. The highest BCUT2D eigenvalue weighted by molar-refractivity contribution is 5.17. The van der Waals surface area contributed by atoms with Crippen LogP contribution in [0.4, 0.5) is 0 Å². The second-order valence-corrected chi connectivity index (χ2v) is 5.92. The number of benzene rings is 1. The summed E-state index contributed by atoms with van der Waals surface area (Å²) in [5.74, 6) is 0. The standard InChI is InChI=1S/C18H26N2O/c1-3-18(2,10-12-21)19-13-17-9-11-20(15-17)14-16-7-5-4-6-8-16/h4-9,11,15,19,21H,3,10,12-14H2,1-2H3. The molecule has 1 atom stereocenters. The summed E-state index contributed by atoms with van der Waals surface area (Å²) < 4.78 is 2.21. The van der Waals surface area contributed by atoms with Crippen LogP contribution in [0, 0.1) is 0 Å². The molecule has 21 heavy (non-hydrogen) atoms. The molecule has 1 heterocycles. The van der Waals surface area contributed by atoms with E-state index in [2.05, 4.69) is 66.5 Å². The second kappa shape index (κ2) is 7.43. The van der Waals surface area contributed by atoms with Gasteiger partial charge >= 0.3 is 0 Å². The van der Waals surface area contributed by atoms with Crippen molar-refractivity contribution in [1.82, 2.24) is 9.88 Å². The van der Waals surface area contributed by atoms with E-state index in [1.54, 1.807) is 0 Å². The lowest BCUT2D eigenvalue weighted by Crippen LogP contribution is -2.41. The molecule has 2 rings (SSSR count). The van der Waals surface area contributed by atoms with Crippen molar-refractivity contribution in [3.8, 4) is 0 Å². The first-order chi connectivity index (χ1) is 10.1. The van der Waals surface area contributed by atoms with Crippen molar-refractivity contribution in [2.24, 2.45) is 0 Å². The molecule has 0 aliphatic rings. The Morgan fingerprint density at radius 3 is 2.57 bits per heavy atom. The maximum atomic E-state index is 9.15. The van der Waals surface area contributed by atoms with Gasteiger partial charge in [0.1, 0.15) is 0 Å². The predicted molar refractivity (Wildman–Crippen MR) is 87.2 cm³/mol. The molecular weight excluding hydrogens is 260 g/mol. The summed E-state index contributed by atoms with van der Waals surface area (Å²) in [6, 6.07) is 12.6. The van der Waals surface area contributed by atoms with Gasteiger partial charge in [-0.2, -0.15) is 0 Å². The van der Waals surface area contributed by atoms with Gasteiger partial charge in [-0.1, -0.05) is 37.3 Å². The number of hydrogen-bond acceptors (Lipinski definition) is 2. The monoisotopic (exact) mass is 286 g/mol. The van der Waals surface area contributed by atoms with E-state index >= 15 is 0 Å². The number of aliphatic hydroxyl groups is 1. The third kappa shape index (κ3) is 4.73. The molecule has 0 saturated heterocycles. The number of aliphatic hydroxyl groups excluding tert-OH is 1. The van der Waals surface area contributed by atoms with Gasteiger partial charge in [0, 0.05) is 37.6 Å². The average molecular weight is 286 g/mol. The summed E-state index contributed by atoms with van der Waals surface area (Å²) in [5.41, 5.74) is 2.60. The second-order valence-electron chi connectivity index (χ2n) is 5.92. The zero-order chi connectivity index (χ0) is 15.1. The summed E-state index contributed by atoms with van der Waals surface area (Å²) in [6.07, 6.45) is 6.11. The summed E-state index contributed by atoms with van der Waals surface area (Å²) in [7, 11) is 0. The molecule has 0 aliphatic heterocycles. The molecule has 3 nitrogen and oxygen atoms in total. The Balaban J connectivity index is 1.91. The highest BCUT2D eigenvalue weighted by Gasteiger charge is 2.20. The fourth-order valence-corrected chi connectivity index (χ4v) is 2.44. The molecule has 0 fully saturated rings. The summed E-state index contributed by atoms with van der Waals surface area (Å²) in [4.78, 5) is 0. The number of aromatic nitrogens is 1. The lowest BCUT2D eigenvalue weighted by atomic mass is 9.95. The Morgan fingerprint density at radius 1 is 1.14 bits per heavy atom. The molecule has 0 bridgehead atoms. The average Bonchev–Trinajstić information content (AvgIpc) is 2.94. The third-order valence-electron chi connectivity index (χ3n) is 4.18. The molecule has 1 aromatic heterocycles.